The van der Waals surface area contributed by atoms with Gasteiger partial charge in [0.2, 0.25) is 0 Å². The first-order chi connectivity index (χ1) is 8.69. The highest BCUT2D eigenvalue weighted by Crippen LogP contribution is 2.25. The summed E-state index contributed by atoms with van der Waals surface area (Å²) in [5.41, 5.74) is 0.920. The third-order valence-corrected chi connectivity index (χ3v) is 3.05. The Hall–Kier alpha value is -1.75. The topological polar surface area (TPSA) is 48.3 Å². The summed E-state index contributed by atoms with van der Waals surface area (Å²) in [5, 5.41) is 16.0. The van der Waals surface area contributed by atoms with Crippen molar-refractivity contribution >= 4 is 6.21 Å². The van der Waals surface area contributed by atoms with Crippen LogP contribution in [0.3, 0.4) is 0 Å². The molecule has 0 amide bonds. The minimum atomic E-state index is 0.147. The van der Waals surface area contributed by atoms with E-state index in [9.17, 15) is 5.11 Å². The third kappa shape index (κ3) is 3.13. The van der Waals surface area contributed by atoms with Crippen LogP contribution in [0.15, 0.2) is 23.3 Å². The average molecular weight is 249 g/mol. The average Bonchev–Trinajstić information content (AvgIpc) is 2.39. The van der Waals surface area contributed by atoms with Gasteiger partial charge in [0.25, 0.3) is 0 Å². The molecule has 0 aromatic heterocycles. The van der Waals surface area contributed by atoms with Crippen LogP contribution in [0.4, 0.5) is 0 Å². The van der Waals surface area contributed by atoms with Crippen LogP contribution in [0.1, 0.15) is 5.56 Å². The Kier molecular flexibility index (Phi) is 4.04. The van der Waals surface area contributed by atoms with Crippen LogP contribution < -0.4 is 4.74 Å². The van der Waals surface area contributed by atoms with Crippen molar-refractivity contribution in [2.24, 2.45) is 5.10 Å². The second kappa shape index (κ2) is 5.73. The summed E-state index contributed by atoms with van der Waals surface area (Å²) in [6.07, 6.45) is 1.80. The molecule has 0 spiro atoms. The number of rotatable bonds is 3. The number of nitrogens with zero attached hydrogens (tertiary/aromatic N) is 3. The maximum Gasteiger partial charge on any atom is 0.161 e. The third-order valence-electron chi connectivity index (χ3n) is 3.05. The molecular formula is C13H19N3O2. The number of phenols is 1. The van der Waals surface area contributed by atoms with Gasteiger partial charge < -0.3 is 14.7 Å². The second-order valence-electron chi connectivity index (χ2n) is 4.43. The molecule has 1 aliphatic rings. The van der Waals surface area contributed by atoms with E-state index in [1.807, 2.05) is 6.07 Å². The van der Waals surface area contributed by atoms with E-state index in [1.165, 1.54) is 7.11 Å². The number of hydrogen-bond acceptors (Lipinski definition) is 5. The van der Waals surface area contributed by atoms with E-state index in [2.05, 4.69) is 22.1 Å². The summed E-state index contributed by atoms with van der Waals surface area (Å²) >= 11 is 0. The molecule has 1 aromatic carbocycles. The SMILES string of the molecule is COc1cc(/C=N/N2CCN(C)CC2)ccc1O. The highest BCUT2D eigenvalue weighted by molar-refractivity contribution is 5.80. The van der Waals surface area contributed by atoms with Crippen LogP contribution in [-0.2, 0) is 0 Å². The predicted octanol–water partition coefficient (Wildman–Crippen LogP) is 0.982. The van der Waals surface area contributed by atoms with E-state index in [-0.39, 0.29) is 5.75 Å². The van der Waals surface area contributed by atoms with Crippen molar-refractivity contribution in [2.75, 3.05) is 40.3 Å². The first-order valence-corrected chi connectivity index (χ1v) is 6.03. The molecule has 5 nitrogen and oxygen atoms in total. The zero-order chi connectivity index (χ0) is 13.0. The van der Waals surface area contributed by atoms with Crippen LogP contribution in [0.25, 0.3) is 0 Å². The van der Waals surface area contributed by atoms with Gasteiger partial charge in [-0.25, -0.2) is 0 Å². The lowest BCUT2D eigenvalue weighted by molar-refractivity contribution is 0.159. The van der Waals surface area contributed by atoms with Gasteiger partial charge in [0.05, 0.1) is 13.3 Å². The van der Waals surface area contributed by atoms with E-state index < -0.39 is 0 Å². The minimum Gasteiger partial charge on any atom is -0.504 e. The van der Waals surface area contributed by atoms with Crippen molar-refractivity contribution in [3.63, 3.8) is 0 Å². The molecular weight excluding hydrogens is 230 g/mol. The van der Waals surface area contributed by atoms with E-state index in [0.29, 0.717) is 5.75 Å². The van der Waals surface area contributed by atoms with E-state index in [0.717, 1.165) is 31.7 Å². The fourth-order valence-electron chi connectivity index (χ4n) is 1.83. The molecule has 98 valence electrons. The molecule has 0 saturated carbocycles. The highest BCUT2D eigenvalue weighted by atomic mass is 16.5. The molecule has 1 aliphatic heterocycles. The quantitative estimate of drug-likeness (QED) is 0.811. The van der Waals surface area contributed by atoms with Crippen molar-refractivity contribution in [2.45, 2.75) is 0 Å². The standard InChI is InChI=1S/C13H19N3O2/c1-15-5-7-16(8-6-15)14-10-11-3-4-12(17)13(9-11)18-2/h3-4,9-10,17H,5-8H2,1-2H3/b14-10+. The number of phenolic OH excluding ortho intramolecular Hbond substituents is 1. The van der Waals surface area contributed by atoms with Gasteiger partial charge >= 0.3 is 0 Å². The van der Waals surface area contributed by atoms with Crippen molar-refractivity contribution in [1.82, 2.24) is 9.91 Å². The highest BCUT2D eigenvalue weighted by Gasteiger charge is 2.10. The molecule has 2 rings (SSSR count). The number of ether oxygens (including phenoxy) is 1. The summed E-state index contributed by atoms with van der Waals surface area (Å²) in [5.74, 6) is 0.617. The van der Waals surface area contributed by atoms with Gasteiger partial charge in [-0.3, -0.25) is 5.01 Å². The van der Waals surface area contributed by atoms with Gasteiger partial charge in [-0.1, -0.05) is 0 Å². The molecule has 1 fully saturated rings. The van der Waals surface area contributed by atoms with Crippen molar-refractivity contribution in [3.8, 4) is 11.5 Å². The van der Waals surface area contributed by atoms with Gasteiger partial charge in [-0.05, 0) is 30.8 Å². The fourth-order valence-corrected chi connectivity index (χ4v) is 1.83. The van der Waals surface area contributed by atoms with Gasteiger partial charge in [0, 0.05) is 26.2 Å². The summed E-state index contributed by atoms with van der Waals surface area (Å²) in [7, 11) is 3.66. The van der Waals surface area contributed by atoms with Crippen LogP contribution in [0.2, 0.25) is 0 Å². The summed E-state index contributed by atoms with van der Waals surface area (Å²) in [4.78, 5) is 2.29. The van der Waals surface area contributed by atoms with Gasteiger partial charge in [0.15, 0.2) is 11.5 Å². The Balaban J connectivity index is 2.00. The molecule has 0 bridgehead atoms. The summed E-state index contributed by atoms with van der Waals surface area (Å²) in [6, 6.07) is 5.20. The van der Waals surface area contributed by atoms with E-state index in [4.69, 9.17) is 4.74 Å². The first-order valence-electron chi connectivity index (χ1n) is 6.03. The maximum atomic E-state index is 9.50. The molecule has 1 saturated heterocycles. The summed E-state index contributed by atoms with van der Waals surface area (Å²) < 4.78 is 5.06. The molecule has 1 N–H and O–H groups in total. The lowest BCUT2D eigenvalue weighted by Crippen LogP contribution is -2.41. The molecule has 0 atom stereocenters. The number of methoxy groups -OCH3 is 1. The lowest BCUT2D eigenvalue weighted by atomic mass is 10.2. The van der Waals surface area contributed by atoms with Gasteiger partial charge in [-0.15, -0.1) is 0 Å². The number of likely N-dealkylation sites (N-methyl/N-ethyl adjacent to an activating group) is 1. The zero-order valence-corrected chi connectivity index (χ0v) is 10.8. The van der Waals surface area contributed by atoms with E-state index >= 15 is 0 Å². The number of hydrogen-bond donors (Lipinski definition) is 1. The number of piperazine rings is 1. The fraction of sp³-hybridized carbons (Fsp3) is 0.462. The predicted molar refractivity (Wildman–Crippen MR) is 71.3 cm³/mol. The van der Waals surface area contributed by atoms with Crippen molar-refractivity contribution in [1.29, 1.82) is 0 Å². The molecule has 18 heavy (non-hydrogen) atoms. The Labute approximate surface area is 107 Å². The molecule has 0 unspecified atom stereocenters. The number of hydrazone groups is 1. The minimum absolute atomic E-state index is 0.147. The Morgan fingerprint density at radius 3 is 2.67 bits per heavy atom. The Morgan fingerprint density at radius 1 is 1.28 bits per heavy atom. The second-order valence-corrected chi connectivity index (χ2v) is 4.43. The number of benzene rings is 1. The van der Waals surface area contributed by atoms with Crippen LogP contribution >= 0.6 is 0 Å². The van der Waals surface area contributed by atoms with Gasteiger partial charge in [0.1, 0.15) is 0 Å². The lowest BCUT2D eigenvalue weighted by Gasteiger charge is -2.30. The van der Waals surface area contributed by atoms with Crippen LogP contribution in [-0.4, -0.2) is 61.6 Å². The largest absolute Gasteiger partial charge is 0.504 e. The molecule has 5 heteroatoms. The monoisotopic (exact) mass is 249 g/mol. The van der Waals surface area contributed by atoms with Gasteiger partial charge in [-0.2, -0.15) is 5.10 Å². The molecule has 0 aliphatic carbocycles. The van der Waals surface area contributed by atoms with E-state index in [1.54, 1.807) is 18.3 Å². The molecule has 1 heterocycles. The molecule has 1 aromatic rings. The maximum absolute atomic E-state index is 9.50. The van der Waals surface area contributed by atoms with Crippen LogP contribution in [0, 0.1) is 0 Å². The molecule has 0 radical (unpaired) electrons. The Morgan fingerprint density at radius 2 is 2.00 bits per heavy atom. The Bertz CT molecular complexity index is 426. The number of aromatic hydroxyl groups is 1. The first kappa shape index (κ1) is 12.7. The smallest absolute Gasteiger partial charge is 0.161 e. The van der Waals surface area contributed by atoms with Crippen molar-refractivity contribution < 1.29 is 9.84 Å². The summed E-state index contributed by atoms with van der Waals surface area (Å²) in [6.45, 7) is 3.97. The normalized spacial score (nSPS) is 17.3. The van der Waals surface area contributed by atoms with Crippen LogP contribution in [0.5, 0.6) is 11.5 Å². The zero-order valence-electron chi connectivity index (χ0n) is 10.8. The van der Waals surface area contributed by atoms with Crippen molar-refractivity contribution in [3.05, 3.63) is 23.8 Å².